The van der Waals surface area contributed by atoms with Crippen LogP contribution in [0.2, 0.25) is 0 Å². The summed E-state index contributed by atoms with van der Waals surface area (Å²) in [4.78, 5) is 14.1. The van der Waals surface area contributed by atoms with Gasteiger partial charge in [0.05, 0.1) is 5.69 Å². The number of benzene rings is 1. The molecular weight excluding hydrogens is 292 g/mol. The van der Waals surface area contributed by atoms with E-state index in [-0.39, 0.29) is 5.91 Å². The predicted molar refractivity (Wildman–Crippen MR) is 89.9 cm³/mol. The molecule has 0 unspecified atom stereocenters. The first-order chi connectivity index (χ1) is 11.2. The van der Waals surface area contributed by atoms with Gasteiger partial charge in [0.2, 0.25) is 5.91 Å². The summed E-state index contributed by atoms with van der Waals surface area (Å²) in [6.45, 7) is 6.89. The Morgan fingerprint density at radius 2 is 2.09 bits per heavy atom. The third kappa shape index (κ3) is 3.50. The van der Waals surface area contributed by atoms with Gasteiger partial charge in [-0.1, -0.05) is 19.1 Å². The summed E-state index contributed by atoms with van der Waals surface area (Å²) >= 11 is 0. The summed E-state index contributed by atoms with van der Waals surface area (Å²) in [7, 11) is 0. The van der Waals surface area contributed by atoms with E-state index in [1.807, 2.05) is 6.07 Å². The lowest BCUT2D eigenvalue weighted by molar-refractivity contribution is -0.116. The molecule has 2 aliphatic heterocycles. The van der Waals surface area contributed by atoms with E-state index in [0.29, 0.717) is 36.6 Å². The standard InChI is InChI=1S/C18H24N2O3/c1-2-10-23-15-11-13(12-20-8-4-3-5-9-20)18(22)14-6-7-16(21)19-17(14)15/h2,11,22H,1,3-10,12H2,(H,19,21). The molecule has 5 heteroatoms. The van der Waals surface area contributed by atoms with E-state index in [2.05, 4.69) is 16.8 Å². The molecule has 2 N–H and O–H groups in total. The number of nitrogens with one attached hydrogen (secondary N) is 1. The van der Waals surface area contributed by atoms with E-state index in [1.54, 1.807) is 6.08 Å². The van der Waals surface area contributed by atoms with Gasteiger partial charge in [0, 0.05) is 24.1 Å². The fraction of sp³-hybridized carbons (Fsp3) is 0.500. The number of carbonyl (C=O) groups excluding carboxylic acids is 1. The van der Waals surface area contributed by atoms with Crippen molar-refractivity contribution in [1.82, 2.24) is 4.90 Å². The molecule has 3 rings (SSSR count). The maximum absolute atomic E-state index is 11.7. The van der Waals surface area contributed by atoms with Crippen molar-refractivity contribution in [3.05, 3.63) is 29.8 Å². The Hall–Kier alpha value is -2.01. The lowest BCUT2D eigenvalue weighted by atomic mass is 9.97. The highest BCUT2D eigenvalue weighted by molar-refractivity contribution is 5.96. The molecule has 0 saturated carbocycles. The van der Waals surface area contributed by atoms with E-state index in [9.17, 15) is 9.90 Å². The van der Waals surface area contributed by atoms with E-state index in [0.717, 1.165) is 30.8 Å². The second kappa shape index (κ2) is 7.04. The third-order valence-corrected chi connectivity index (χ3v) is 4.51. The molecule has 23 heavy (non-hydrogen) atoms. The minimum Gasteiger partial charge on any atom is -0.507 e. The summed E-state index contributed by atoms with van der Waals surface area (Å²) in [5.41, 5.74) is 2.28. The van der Waals surface area contributed by atoms with Crippen LogP contribution in [-0.4, -0.2) is 35.6 Å². The molecule has 1 aromatic carbocycles. The second-order valence-corrected chi connectivity index (χ2v) is 6.22. The van der Waals surface area contributed by atoms with E-state index in [4.69, 9.17) is 4.74 Å². The predicted octanol–water partition coefficient (Wildman–Crippen LogP) is 2.83. The molecule has 5 nitrogen and oxygen atoms in total. The van der Waals surface area contributed by atoms with Crippen LogP contribution in [-0.2, 0) is 17.8 Å². The SMILES string of the molecule is C=CCOc1cc(CN2CCCCC2)c(O)c2c1NC(=O)CC2. The number of carbonyl (C=O) groups is 1. The monoisotopic (exact) mass is 316 g/mol. The fourth-order valence-electron chi connectivity index (χ4n) is 3.32. The van der Waals surface area contributed by atoms with Gasteiger partial charge in [0.25, 0.3) is 0 Å². The lowest BCUT2D eigenvalue weighted by Crippen LogP contribution is -2.29. The molecule has 0 bridgehead atoms. The smallest absolute Gasteiger partial charge is 0.224 e. The van der Waals surface area contributed by atoms with Crippen molar-refractivity contribution in [2.75, 3.05) is 25.0 Å². The average Bonchev–Trinajstić information content (AvgIpc) is 2.57. The number of anilines is 1. The number of fused-ring (bicyclic) bond motifs is 1. The maximum Gasteiger partial charge on any atom is 0.224 e. The first kappa shape index (κ1) is 15.9. The fourth-order valence-corrected chi connectivity index (χ4v) is 3.32. The largest absolute Gasteiger partial charge is 0.507 e. The highest BCUT2D eigenvalue weighted by atomic mass is 16.5. The molecule has 1 saturated heterocycles. The topological polar surface area (TPSA) is 61.8 Å². The zero-order chi connectivity index (χ0) is 16.2. The molecule has 1 fully saturated rings. The highest BCUT2D eigenvalue weighted by Crippen LogP contribution is 2.41. The number of rotatable bonds is 5. The zero-order valence-electron chi connectivity index (χ0n) is 13.4. The van der Waals surface area contributed by atoms with Crippen molar-refractivity contribution in [2.24, 2.45) is 0 Å². The van der Waals surface area contributed by atoms with Crippen molar-refractivity contribution in [2.45, 2.75) is 38.6 Å². The average molecular weight is 316 g/mol. The van der Waals surface area contributed by atoms with Crippen molar-refractivity contribution < 1.29 is 14.6 Å². The number of hydrogen-bond acceptors (Lipinski definition) is 4. The van der Waals surface area contributed by atoms with Crippen LogP contribution in [0.15, 0.2) is 18.7 Å². The van der Waals surface area contributed by atoms with Crippen LogP contribution in [0.4, 0.5) is 5.69 Å². The Balaban J connectivity index is 1.92. The Morgan fingerprint density at radius 1 is 1.30 bits per heavy atom. The molecular formula is C18H24N2O3. The number of aromatic hydroxyl groups is 1. The van der Waals surface area contributed by atoms with Crippen LogP contribution in [0.3, 0.4) is 0 Å². The van der Waals surface area contributed by atoms with Crippen LogP contribution < -0.4 is 10.1 Å². The first-order valence-electron chi connectivity index (χ1n) is 8.32. The van der Waals surface area contributed by atoms with Gasteiger partial charge < -0.3 is 15.2 Å². The number of likely N-dealkylation sites (tertiary alicyclic amines) is 1. The molecule has 1 amide bonds. The Labute approximate surface area is 136 Å². The van der Waals surface area contributed by atoms with E-state index in [1.165, 1.54) is 19.3 Å². The van der Waals surface area contributed by atoms with Gasteiger partial charge in [-0.3, -0.25) is 9.69 Å². The van der Waals surface area contributed by atoms with Gasteiger partial charge in [0.1, 0.15) is 18.1 Å². The summed E-state index contributed by atoms with van der Waals surface area (Å²) in [5.74, 6) is 0.887. The number of amides is 1. The normalized spacial score (nSPS) is 18.2. The van der Waals surface area contributed by atoms with Gasteiger partial charge in [0.15, 0.2) is 0 Å². The van der Waals surface area contributed by atoms with E-state index >= 15 is 0 Å². The zero-order valence-corrected chi connectivity index (χ0v) is 13.4. The van der Waals surface area contributed by atoms with E-state index < -0.39 is 0 Å². The Bertz CT molecular complexity index is 607. The van der Waals surface area contributed by atoms with Gasteiger partial charge in [-0.2, -0.15) is 0 Å². The van der Waals surface area contributed by atoms with Crippen LogP contribution >= 0.6 is 0 Å². The Kier molecular flexibility index (Phi) is 4.86. The second-order valence-electron chi connectivity index (χ2n) is 6.22. The maximum atomic E-state index is 11.7. The molecule has 0 aliphatic carbocycles. The Morgan fingerprint density at radius 3 is 2.83 bits per heavy atom. The van der Waals surface area contributed by atoms with Crippen molar-refractivity contribution in [3.8, 4) is 11.5 Å². The van der Waals surface area contributed by atoms with Gasteiger partial charge in [-0.25, -0.2) is 0 Å². The number of nitrogens with zero attached hydrogens (tertiary/aromatic N) is 1. The van der Waals surface area contributed by atoms with Crippen LogP contribution in [0.1, 0.15) is 36.8 Å². The summed E-state index contributed by atoms with van der Waals surface area (Å²) in [6.07, 6.45) is 6.32. The van der Waals surface area contributed by atoms with Crippen molar-refractivity contribution in [1.29, 1.82) is 0 Å². The molecule has 2 heterocycles. The third-order valence-electron chi connectivity index (χ3n) is 4.51. The molecule has 0 aromatic heterocycles. The minimum atomic E-state index is -0.0378. The molecule has 0 atom stereocenters. The summed E-state index contributed by atoms with van der Waals surface area (Å²) < 4.78 is 5.72. The van der Waals surface area contributed by atoms with Crippen LogP contribution in [0.5, 0.6) is 11.5 Å². The van der Waals surface area contributed by atoms with Crippen LogP contribution in [0, 0.1) is 0 Å². The highest BCUT2D eigenvalue weighted by Gasteiger charge is 2.25. The first-order valence-corrected chi connectivity index (χ1v) is 8.32. The summed E-state index contributed by atoms with van der Waals surface area (Å²) in [6, 6.07) is 1.86. The van der Waals surface area contributed by atoms with Crippen molar-refractivity contribution in [3.63, 3.8) is 0 Å². The number of hydrogen-bond donors (Lipinski definition) is 2. The number of phenolic OH excluding ortho intramolecular Hbond substituents is 1. The molecule has 2 aliphatic rings. The summed E-state index contributed by atoms with van der Waals surface area (Å²) in [5, 5.41) is 13.5. The van der Waals surface area contributed by atoms with Gasteiger partial charge in [-0.15, -0.1) is 0 Å². The number of ether oxygens (including phenoxy) is 1. The minimum absolute atomic E-state index is 0.0378. The van der Waals surface area contributed by atoms with Gasteiger partial charge >= 0.3 is 0 Å². The molecule has 124 valence electrons. The van der Waals surface area contributed by atoms with Gasteiger partial charge in [-0.05, 0) is 38.4 Å². The number of phenols is 1. The quantitative estimate of drug-likeness (QED) is 0.820. The van der Waals surface area contributed by atoms with Crippen molar-refractivity contribution >= 4 is 11.6 Å². The number of piperidine rings is 1. The molecule has 0 spiro atoms. The van der Waals surface area contributed by atoms with Crippen LogP contribution in [0.25, 0.3) is 0 Å². The lowest BCUT2D eigenvalue weighted by Gasteiger charge is -2.28. The molecule has 0 radical (unpaired) electrons. The molecule has 1 aromatic rings.